The average molecular weight is 276 g/mol. The first kappa shape index (κ1) is 14.8. The first-order valence-corrected chi connectivity index (χ1v) is 7.38. The molecule has 110 valence electrons. The van der Waals surface area contributed by atoms with Crippen LogP contribution in [0.15, 0.2) is 18.2 Å². The lowest BCUT2D eigenvalue weighted by molar-refractivity contribution is 0.146. The van der Waals surface area contributed by atoms with Gasteiger partial charge in [0.2, 0.25) is 5.75 Å². The Balaban J connectivity index is 2.38. The largest absolute Gasteiger partial charge is 0.490 e. The van der Waals surface area contributed by atoms with E-state index in [1.807, 2.05) is 26.0 Å². The van der Waals surface area contributed by atoms with E-state index in [9.17, 15) is 0 Å². The van der Waals surface area contributed by atoms with Gasteiger partial charge in [-0.05, 0) is 44.9 Å². The number of rotatable bonds is 6. The summed E-state index contributed by atoms with van der Waals surface area (Å²) in [6.07, 6.45) is 6.07. The molecule has 0 N–H and O–H groups in total. The summed E-state index contributed by atoms with van der Waals surface area (Å²) in [7, 11) is 0. The van der Waals surface area contributed by atoms with Crippen LogP contribution >= 0.6 is 0 Å². The maximum absolute atomic E-state index is 6.08. The summed E-state index contributed by atoms with van der Waals surface area (Å²) in [5, 5.41) is 0. The monoisotopic (exact) mass is 276 g/mol. The first-order valence-electron chi connectivity index (χ1n) is 7.38. The van der Waals surface area contributed by atoms with Gasteiger partial charge < -0.3 is 14.2 Å². The fourth-order valence-electron chi connectivity index (χ4n) is 2.05. The summed E-state index contributed by atoms with van der Waals surface area (Å²) >= 11 is 0. The minimum atomic E-state index is -0.319. The summed E-state index contributed by atoms with van der Waals surface area (Å²) in [6.45, 7) is 9.60. The fraction of sp³-hybridized carbons (Fsp3) is 0.529. The smallest absolute Gasteiger partial charge is 0.204 e. The summed E-state index contributed by atoms with van der Waals surface area (Å²) in [6, 6.07) is 3.98. The molecule has 0 radical (unpaired) electrons. The molecule has 1 aromatic rings. The highest BCUT2D eigenvalue weighted by Gasteiger charge is 2.26. The van der Waals surface area contributed by atoms with Gasteiger partial charge in [0.05, 0.1) is 13.2 Å². The van der Waals surface area contributed by atoms with Crippen molar-refractivity contribution in [2.24, 2.45) is 0 Å². The van der Waals surface area contributed by atoms with E-state index in [2.05, 4.69) is 26.0 Å². The number of hydrogen-bond acceptors (Lipinski definition) is 3. The van der Waals surface area contributed by atoms with E-state index in [1.165, 1.54) is 0 Å². The molecule has 0 saturated carbocycles. The molecule has 1 aliphatic rings. The van der Waals surface area contributed by atoms with E-state index in [-0.39, 0.29) is 5.60 Å². The third-order valence-corrected chi connectivity index (χ3v) is 3.05. The fourth-order valence-corrected chi connectivity index (χ4v) is 2.05. The topological polar surface area (TPSA) is 27.7 Å². The van der Waals surface area contributed by atoms with Gasteiger partial charge in [-0.15, -0.1) is 0 Å². The molecule has 0 amide bonds. The van der Waals surface area contributed by atoms with E-state index in [0.29, 0.717) is 13.2 Å². The van der Waals surface area contributed by atoms with Crippen LogP contribution in [0.1, 0.15) is 46.1 Å². The molecule has 0 bridgehead atoms. The van der Waals surface area contributed by atoms with Crippen LogP contribution in [0.2, 0.25) is 0 Å². The molecule has 0 aliphatic carbocycles. The lowest BCUT2D eigenvalue weighted by Crippen LogP contribution is -2.28. The van der Waals surface area contributed by atoms with Crippen LogP contribution in [0.3, 0.4) is 0 Å². The molecule has 0 aromatic heterocycles. The minimum Gasteiger partial charge on any atom is -0.490 e. The van der Waals surface area contributed by atoms with Gasteiger partial charge >= 0.3 is 0 Å². The number of fused-ring (bicyclic) bond motifs is 1. The van der Waals surface area contributed by atoms with Crippen LogP contribution < -0.4 is 14.2 Å². The molecule has 1 aliphatic heterocycles. The van der Waals surface area contributed by atoms with Gasteiger partial charge in [-0.2, -0.15) is 0 Å². The Morgan fingerprint density at radius 3 is 2.45 bits per heavy atom. The Morgan fingerprint density at radius 1 is 1.05 bits per heavy atom. The Morgan fingerprint density at radius 2 is 1.75 bits per heavy atom. The van der Waals surface area contributed by atoms with Crippen molar-refractivity contribution in [1.29, 1.82) is 0 Å². The van der Waals surface area contributed by atoms with Gasteiger partial charge in [-0.25, -0.2) is 0 Å². The maximum Gasteiger partial charge on any atom is 0.204 e. The second kappa shape index (κ2) is 6.21. The van der Waals surface area contributed by atoms with Gasteiger partial charge in [0.1, 0.15) is 5.60 Å². The minimum absolute atomic E-state index is 0.319. The van der Waals surface area contributed by atoms with Crippen molar-refractivity contribution >= 4 is 6.08 Å². The zero-order valence-corrected chi connectivity index (χ0v) is 12.9. The standard InChI is InChI=1S/C17H24O3/c1-5-11-18-14-8-7-13-9-10-17(3,4)20-15(13)16(14)19-12-6-2/h7-10H,5-6,11-12H2,1-4H3. The summed E-state index contributed by atoms with van der Waals surface area (Å²) in [4.78, 5) is 0. The van der Waals surface area contributed by atoms with Crippen LogP contribution in [0, 0.1) is 0 Å². The molecule has 3 nitrogen and oxygen atoms in total. The number of hydrogen-bond donors (Lipinski definition) is 0. The molecular formula is C17H24O3. The highest BCUT2D eigenvalue weighted by Crippen LogP contribution is 2.44. The molecule has 0 atom stereocenters. The molecule has 2 rings (SSSR count). The molecule has 20 heavy (non-hydrogen) atoms. The summed E-state index contributed by atoms with van der Waals surface area (Å²) in [5.41, 5.74) is 0.722. The molecular weight excluding hydrogens is 252 g/mol. The molecule has 0 saturated heterocycles. The van der Waals surface area contributed by atoms with Gasteiger partial charge in [0.15, 0.2) is 11.5 Å². The van der Waals surface area contributed by atoms with Crippen molar-refractivity contribution in [1.82, 2.24) is 0 Å². The van der Waals surface area contributed by atoms with Crippen molar-refractivity contribution < 1.29 is 14.2 Å². The molecule has 1 heterocycles. The van der Waals surface area contributed by atoms with Crippen molar-refractivity contribution in [3.05, 3.63) is 23.8 Å². The normalized spacial score (nSPS) is 15.4. The zero-order chi connectivity index (χ0) is 14.6. The van der Waals surface area contributed by atoms with Crippen molar-refractivity contribution in [2.45, 2.75) is 46.1 Å². The first-order chi connectivity index (χ1) is 9.57. The van der Waals surface area contributed by atoms with Crippen LogP contribution in [0.25, 0.3) is 6.08 Å². The lowest BCUT2D eigenvalue weighted by atomic mass is 10.0. The van der Waals surface area contributed by atoms with Crippen molar-refractivity contribution in [3.63, 3.8) is 0 Å². The van der Waals surface area contributed by atoms with E-state index in [1.54, 1.807) is 0 Å². The number of ether oxygens (including phenoxy) is 3. The summed E-state index contributed by atoms with van der Waals surface area (Å²) < 4.78 is 17.8. The van der Waals surface area contributed by atoms with Gasteiger partial charge in [-0.1, -0.05) is 19.9 Å². The Hall–Kier alpha value is -1.64. The molecule has 0 unspecified atom stereocenters. The molecule has 3 heteroatoms. The van der Waals surface area contributed by atoms with E-state index in [0.717, 1.165) is 35.7 Å². The third kappa shape index (κ3) is 3.27. The SMILES string of the molecule is CCCOc1ccc2c(c1OCCC)OC(C)(C)C=C2. The molecule has 0 spiro atoms. The Bertz CT molecular complexity index is 489. The quantitative estimate of drug-likeness (QED) is 0.768. The van der Waals surface area contributed by atoms with E-state index in [4.69, 9.17) is 14.2 Å². The highest BCUT2D eigenvalue weighted by molar-refractivity contribution is 5.68. The Kier molecular flexibility index (Phi) is 4.58. The Labute approximate surface area is 121 Å². The van der Waals surface area contributed by atoms with Crippen LogP contribution in [0.5, 0.6) is 17.2 Å². The van der Waals surface area contributed by atoms with E-state index >= 15 is 0 Å². The maximum atomic E-state index is 6.08. The molecule has 0 fully saturated rings. The third-order valence-electron chi connectivity index (χ3n) is 3.05. The van der Waals surface area contributed by atoms with Crippen molar-refractivity contribution in [3.8, 4) is 17.2 Å². The number of benzene rings is 1. The van der Waals surface area contributed by atoms with Gasteiger partial charge in [-0.3, -0.25) is 0 Å². The predicted molar refractivity (Wildman–Crippen MR) is 81.8 cm³/mol. The van der Waals surface area contributed by atoms with Gasteiger partial charge in [0, 0.05) is 5.56 Å². The second-order valence-electron chi connectivity index (χ2n) is 5.55. The van der Waals surface area contributed by atoms with Crippen molar-refractivity contribution in [2.75, 3.05) is 13.2 Å². The van der Waals surface area contributed by atoms with Crippen LogP contribution in [-0.4, -0.2) is 18.8 Å². The lowest BCUT2D eigenvalue weighted by Gasteiger charge is -2.30. The molecule has 1 aromatic carbocycles. The van der Waals surface area contributed by atoms with Crippen LogP contribution in [0.4, 0.5) is 0 Å². The summed E-state index contributed by atoms with van der Waals surface area (Å²) in [5.74, 6) is 2.29. The van der Waals surface area contributed by atoms with Gasteiger partial charge in [0.25, 0.3) is 0 Å². The zero-order valence-electron chi connectivity index (χ0n) is 12.9. The average Bonchev–Trinajstić information content (AvgIpc) is 2.42. The predicted octanol–water partition coefficient (Wildman–Crippen LogP) is 4.45. The second-order valence-corrected chi connectivity index (χ2v) is 5.55. The van der Waals surface area contributed by atoms with Crippen LogP contribution in [-0.2, 0) is 0 Å². The van der Waals surface area contributed by atoms with E-state index < -0.39 is 0 Å². The highest BCUT2D eigenvalue weighted by atomic mass is 16.5.